The van der Waals surface area contributed by atoms with Gasteiger partial charge in [-0.25, -0.2) is 30.0 Å². The molecule has 38 heavy (non-hydrogen) atoms. The Kier molecular flexibility index (Phi) is 6.35. The minimum Gasteiger partial charge on any atom is -0.444 e. The van der Waals surface area contributed by atoms with Gasteiger partial charge in [0.25, 0.3) is 20.0 Å². The number of sulfonamides is 1. The lowest BCUT2D eigenvalue weighted by molar-refractivity contribution is 0.0511. The van der Waals surface area contributed by atoms with Crippen molar-refractivity contribution in [3.05, 3.63) is 60.4 Å². The summed E-state index contributed by atoms with van der Waals surface area (Å²) in [5.74, 6) is -0.967. The molecular formula is C26H30FN3O6S2. The van der Waals surface area contributed by atoms with E-state index in [2.05, 4.69) is 5.32 Å². The van der Waals surface area contributed by atoms with Crippen LogP contribution in [-0.4, -0.2) is 55.9 Å². The molecule has 1 saturated heterocycles. The number of carbonyl (C=O) groups excluding carboxylic acids is 1. The maximum absolute atomic E-state index is 14.6. The molecule has 0 bridgehead atoms. The second-order valence-electron chi connectivity index (χ2n) is 10.9. The smallest absolute Gasteiger partial charge is 0.407 e. The molecular weight excluding hydrogens is 533 g/mol. The molecule has 1 aromatic heterocycles. The molecule has 0 unspecified atom stereocenters. The highest BCUT2D eigenvalue weighted by Gasteiger charge is 2.57. The van der Waals surface area contributed by atoms with E-state index in [9.17, 15) is 26.0 Å². The van der Waals surface area contributed by atoms with E-state index in [0.717, 1.165) is 22.5 Å². The average molecular weight is 564 g/mol. The van der Waals surface area contributed by atoms with Gasteiger partial charge in [-0.15, -0.1) is 0 Å². The van der Waals surface area contributed by atoms with Crippen molar-refractivity contribution < 1.29 is 30.8 Å². The molecule has 1 amide bonds. The summed E-state index contributed by atoms with van der Waals surface area (Å²) in [7, 11) is -8.84. The summed E-state index contributed by atoms with van der Waals surface area (Å²) in [6, 6.07) is 12.5. The third kappa shape index (κ3) is 4.69. The molecule has 1 aliphatic carbocycles. The standard InChI is InChI=1S/C26H30FN3O6S2/c1-25(2,3)36-24(31)28-22-17-26(22)12-14-29(15-13-26)38(34,35)23-16-18-8-4-6-10-20(18)30(23)37(32,33)21-11-7-5-9-19(21)27/h4-11,16,22H,12-15,17H2,1-3H3,(H,28,31)/t22-/m0/s1. The maximum atomic E-state index is 14.6. The Labute approximate surface area is 221 Å². The van der Waals surface area contributed by atoms with Crippen molar-refractivity contribution in [2.75, 3.05) is 13.1 Å². The van der Waals surface area contributed by atoms with Crippen LogP contribution < -0.4 is 5.32 Å². The summed E-state index contributed by atoms with van der Waals surface area (Å²) in [4.78, 5) is 11.6. The number of hydrogen-bond donors (Lipinski definition) is 1. The van der Waals surface area contributed by atoms with Crippen molar-refractivity contribution >= 4 is 37.0 Å². The monoisotopic (exact) mass is 563 g/mol. The number of carbonyl (C=O) groups is 1. The molecule has 0 radical (unpaired) electrons. The number of benzene rings is 2. The van der Waals surface area contributed by atoms with Gasteiger partial charge in [-0.3, -0.25) is 0 Å². The molecule has 1 saturated carbocycles. The van der Waals surface area contributed by atoms with Gasteiger partial charge in [-0.05, 0) is 69.7 Å². The Morgan fingerprint density at radius 1 is 1.00 bits per heavy atom. The van der Waals surface area contributed by atoms with E-state index in [1.807, 2.05) is 0 Å². The van der Waals surface area contributed by atoms with Crippen molar-refractivity contribution in [2.45, 2.75) is 61.6 Å². The molecule has 1 aliphatic heterocycles. The van der Waals surface area contributed by atoms with E-state index >= 15 is 0 Å². The van der Waals surface area contributed by atoms with Gasteiger partial charge in [0.2, 0.25) is 0 Å². The van der Waals surface area contributed by atoms with Crippen LogP contribution in [0.1, 0.15) is 40.0 Å². The van der Waals surface area contributed by atoms with Gasteiger partial charge in [-0.2, -0.15) is 4.31 Å². The van der Waals surface area contributed by atoms with Crippen molar-refractivity contribution in [3.63, 3.8) is 0 Å². The van der Waals surface area contributed by atoms with Crippen LogP contribution in [0.15, 0.2) is 64.5 Å². The zero-order chi connectivity index (χ0) is 27.5. The van der Waals surface area contributed by atoms with Crippen LogP contribution in [0.5, 0.6) is 0 Å². The molecule has 1 spiro atoms. The highest BCUT2D eigenvalue weighted by atomic mass is 32.2. The van der Waals surface area contributed by atoms with Gasteiger partial charge >= 0.3 is 6.09 Å². The normalized spacial score (nSPS) is 19.9. The summed E-state index contributed by atoms with van der Waals surface area (Å²) in [5, 5.41) is 2.85. The van der Waals surface area contributed by atoms with E-state index in [4.69, 9.17) is 4.74 Å². The van der Waals surface area contributed by atoms with Crippen LogP contribution >= 0.6 is 0 Å². The van der Waals surface area contributed by atoms with Crippen molar-refractivity contribution in [1.82, 2.24) is 13.6 Å². The molecule has 12 heteroatoms. The minimum absolute atomic E-state index is 0.102. The van der Waals surface area contributed by atoms with Crippen LogP contribution in [0.25, 0.3) is 10.9 Å². The van der Waals surface area contributed by atoms with Crippen LogP contribution in [0.4, 0.5) is 9.18 Å². The first-order valence-corrected chi connectivity index (χ1v) is 15.2. The number of para-hydroxylation sites is 1. The molecule has 2 heterocycles. The largest absolute Gasteiger partial charge is 0.444 e. The summed E-state index contributed by atoms with van der Waals surface area (Å²) < 4.78 is 76.8. The highest BCUT2D eigenvalue weighted by Crippen LogP contribution is 2.54. The first-order valence-electron chi connectivity index (χ1n) is 12.3. The summed E-state index contributed by atoms with van der Waals surface area (Å²) in [6.45, 7) is 5.67. The second-order valence-corrected chi connectivity index (χ2v) is 14.6. The van der Waals surface area contributed by atoms with E-state index < -0.39 is 47.5 Å². The number of fused-ring (bicyclic) bond motifs is 1. The van der Waals surface area contributed by atoms with Crippen molar-refractivity contribution in [3.8, 4) is 0 Å². The predicted octanol–water partition coefficient (Wildman–Crippen LogP) is 4.09. The van der Waals surface area contributed by atoms with Gasteiger partial charge in [0.05, 0.1) is 5.52 Å². The van der Waals surface area contributed by atoms with Gasteiger partial charge in [0.1, 0.15) is 16.3 Å². The maximum Gasteiger partial charge on any atom is 0.407 e. The first-order chi connectivity index (χ1) is 17.7. The van der Waals surface area contributed by atoms with E-state index in [1.165, 1.54) is 28.6 Å². The van der Waals surface area contributed by atoms with Gasteiger partial charge in [-0.1, -0.05) is 30.3 Å². The van der Waals surface area contributed by atoms with Gasteiger partial charge in [0.15, 0.2) is 5.03 Å². The van der Waals surface area contributed by atoms with Gasteiger partial charge < -0.3 is 10.1 Å². The SMILES string of the molecule is CC(C)(C)OC(=O)N[C@H]1CC12CCN(S(=O)(=O)c1cc3ccccc3n1S(=O)(=O)c1ccccc1F)CC2. The quantitative estimate of drug-likeness (QED) is 0.500. The lowest BCUT2D eigenvalue weighted by atomic mass is 9.94. The Balaban J connectivity index is 1.42. The summed E-state index contributed by atoms with van der Waals surface area (Å²) in [6.07, 6.45) is 1.24. The lowest BCUT2D eigenvalue weighted by Gasteiger charge is -2.32. The molecule has 2 aliphatic rings. The number of rotatable bonds is 5. The fourth-order valence-corrected chi connectivity index (χ4v) is 8.71. The van der Waals surface area contributed by atoms with E-state index in [0.29, 0.717) is 18.2 Å². The predicted molar refractivity (Wildman–Crippen MR) is 139 cm³/mol. The topological polar surface area (TPSA) is 115 Å². The summed E-state index contributed by atoms with van der Waals surface area (Å²) in [5.41, 5.74) is -0.688. The third-order valence-electron chi connectivity index (χ3n) is 7.19. The Morgan fingerprint density at radius 2 is 1.63 bits per heavy atom. The highest BCUT2D eigenvalue weighted by molar-refractivity contribution is 7.92. The molecule has 1 N–H and O–H groups in total. The van der Waals surface area contributed by atoms with Crippen LogP contribution in [0, 0.1) is 11.2 Å². The molecule has 204 valence electrons. The van der Waals surface area contributed by atoms with Crippen LogP contribution in [0.3, 0.4) is 0 Å². The van der Waals surface area contributed by atoms with E-state index in [1.54, 1.807) is 39.0 Å². The molecule has 2 aromatic carbocycles. The third-order valence-corrected chi connectivity index (χ3v) is 10.9. The average Bonchev–Trinajstić information content (AvgIpc) is 3.30. The van der Waals surface area contributed by atoms with E-state index in [-0.39, 0.29) is 30.1 Å². The molecule has 2 fully saturated rings. The first kappa shape index (κ1) is 26.6. The number of halogens is 1. The van der Waals surface area contributed by atoms with Crippen LogP contribution in [-0.2, 0) is 24.8 Å². The molecule has 9 nitrogen and oxygen atoms in total. The number of aromatic nitrogens is 1. The number of piperidine rings is 1. The fraction of sp³-hybridized carbons (Fsp3) is 0.423. The van der Waals surface area contributed by atoms with Gasteiger partial charge in [0, 0.05) is 24.5 Å². The minimum atomic E-state index is -4.58. The number of amides is 1. The molecule has 1 atom stereocenters. The van der Waals surface area contributed by atoms with Crippen molar-refractivity contribution in [1.29, 1.82) is 0 Å². The molecule has 3 aromatic rings. The number of ether oxygens (including phenoxy) is 1. The zero-order valence-electron chi connectivity index (χ0n) is 21.3. The Hall–Kier alpha value is -2.96. The molecule has 5 rings (SSSR count). The number of hydrogen-bond acceptors (Lipinski definition) is 6. The Bertz CT molecular complexity index is 1620. The van der Waals surface area contributed by atoms with Crippen molar-refractivity contribution in [2.24, 2.45) is 5.41 Å². The second kappa shape index (κ2) is 9.06. The lowest BCUT2D eigenvalue weighted by Crippen LogP contribution is -2.43. The Morgan fingerprint density at radius 3 is 2.29 bits per heavy atom. The summed E-state index contributed by atoms with van der Waals surface area (Å²) >= 11 is 0. The number of nitrogens with one attached hydrogen (secondary N) is 1. The number of alkyl carbamates (subject to hydrolysis) is 1. The fourth-order valence-electron chi connectivity index (χ4n) is 5.14. The zero-order valence-corrected chi connectivity index (χ0v) is 23.0. The number of nitrogens with zero attached hydrogens (tertiary/aromatic N) is 2. The van der Waals surface area contributed by atoms with Crippen LogP contribution in [0.2, 0.25) is 0 Å².